The molecular formula is C17H15N3O2. The van der Waals surface area contributed by atoms with Crippen molar-refractivity contribution in [2.75, 3.05) is 11.1 Å². The number of aromatic nitrogens is 1. The first-order valence-corrected chi connectivity index (χ1v) is 6.80. The van der Waals surface area contributed by atoms with Crippen LogP contribution in [0.25, 0.3) is 10.8 Å². The van der Waals surface area contributed by atoms with Gasteiger partial charge in [-0.15, -0.1) is 0 Å². The fourth-order valence-corrected chi connectivity index (χ4v) is 2.44. The summed E-state index contributed by atoms with van der Waals surface area (Å²) >= 11 is 0. The van der Waals surface area contributed by atoms with Crippen molar-refractivity contribution in [2.45, 2.75) is 6.92 Å². The minimum Gasteiger partial charge on any atom is -0.508 e. The molecule has 0 aliphatic carbocycles. The van der Waals surface area contributed by atoms with E-state index in [0.29, 0.717) is 17.1 Å². The fourth-order valence-electron chi connectivity index (χ4n) is 2.44. The van der Waals surface area contributed by atoms with Crippen LogP contribution < -0.4 is 11.1 Å². The van der Waals surface area contributed by atoms with Gasteiger partial charge in [-0.2, -0.15) is 0 Å². The molecule has 0 saturated carbocycles. The van der Waals surface area contributed by atoms with E-state index in [1.54, 1.807) is 24.4 Å². The molecule has 3 aromatic rings. The Labute approximate surface area is 127 Å². The number of nitrogen functional groups attached to an aromatic ring is 1. The third kappa shape index (κ3) is 2.44. The van der Waals surface area contributed by atoms with Crippen LogP contribution in [-0.2, 0) is 0 Å². The number of hydrogen-bond acceptors (Lipinski definition) is 4. The molecule has 0 spiro atoms. The molecule has 5 nitrogen and oxygen atoms in total. The highest BCUT2D eigenvalue weighted by Crippen LogP contribution is 2.27. The molecule has 0 atom stereocenters. The Bertz CT molecular complexity index is 875. The largest absolute Gasteiger partial charge is 0.508 e. The van der Waals surface area contributed by atoms with E-state index in [4.69, 9.17) is 5.73 Å². The van der Waals surface area contributed by atoms with Gasteiger partial charge in [-0.05, 0) is 36.8 Å². The van der Waals surface area contributed by atoms with E-state index in [1.165, 1.54) is 12.1 Å². The van der Waals surface area contributed by atoms with Crippen molar-refractivity contribution < 1.29 is 9.90 Å². The fraction of sp³-hybridized carbons (Fsp3) is 0.0588. The summed E-state index contributed by atoms with van der Waals surface area (Å²) in [5.74, 6) is -0.256. The molecule has 0 unspecified atom stereocenters. The molecule has 2 aromatic carbocycles. The van der Waals surface area contributed by atoms with E-state index in [2.05, 4.69) is 10.3 Å². The molecule has 0 fully saturated rings. The number of aromatic hydroxyl groups is 1. The van der Waals surface area contributed by atoms with Gasteiger partial charge in [0.05, 0.1) is 0 Å². The van der Waals surface area contributed by atoms with Crippen molar-refractivity contribution in [1.29, 1.82) is 0 Å². The number of anilines is 2. The molecule has 3 rings (SSSR count). The van der Waals surface area contributed by atoms with Crippen LogP contribution in [0.3, 0.4) is 0 Å². The lowest BCUT2D eigenvalue weighted by Gasteiger charge is -2.11. The number of hydrogen-bond donors (Lipinski definition) is 3. The van der Waals surface area contributed by atoms with Crippen molar-refractivity contribution in [3.05, 3.63) is 59.9 Å². The van der Waals surface area contributed by atoms with Crippen LogP contribution in [0.2, 0.25) is 0 Å². The number of amides is 1. The topological polar surface area (TPSA) is 88.2 Å². The summed E-state index contributed by atoms with van der Waals surface area (Å²) in [6, 6.07) is 11.8. The van der Waals surface area contributed by atoms with Gasteiger partial charge in [0, 0.05) is 34.4 Å². The van der Waals surface area contributed by atoms with E-state index >= 15 is 0 Å². The molecule has 0 bridgehead atoms. The lowest BCUT2D eigenvalue weighted by atomic mass is 10.0. The van der Waals surface area contributed by atoms with Gasteiger partial charge in [0.15, 0.2) is 0 Å². The Morgan fingerprint density at radius 3 is 2.82 bits per heavy atom. The Morgan fingerprint density at radius 1 is 1.23 bits per heavy atom. The number of phenolic OH excluding ortho intramolecular Hbond substituents is 1. The number of pyridine rings is 1. The molecule has 0 aliphatic heterocycles. The first-order chi connectivity index (χ1) is 10.6. The molecule has 4 N–H and O–H groups in total. The zero-order valence-electron chi connectivity index (χ0n) is 12.0. The van der Waals surface area contributed by atoms with Crippen molar-refractivity contribution in [3.63, 3.8) is 0 Å². The van der Waals surface area contributed by atoms with E-state index in [-0.39, 0.29) is 11.7 Å². The minimum absolute atomic E-state index is 0.0871. The molecule has 22 heavy (non-hydrogen) atoms. The summed E-state index contributed by atoms with van der Waals surface area (Å²) in [6.45, 7) is 1.91. The maximum atomic E-state index is 12.5. The molecule has 1 heterocycles. The van der Waals surface area contributed by atoms with Crippen molar-refractivity contribution in [3.8, 4) is 5.75 Å². The summed E-state index contributed by atoms with van der Waals surface area (Å²) in [6.07, 6.45) is 1.56. The van der Waals surface area contributed by atoms with Gasteiger partial charge < -0.3 is 16.2 Å². The summed E-state index contributed by atoms with van der Waals surface area (Å²) in [4.78, 5) is 16.7. The highest BCUT2D eigenvalue weighted by Gasteiger charge is 2.15. The van der Waals surface area contributed by atoms with Gasteiger partial charge in [0.1, 0.15) is 11.4 Å². The predicted octanol–water partition coefficient (Wildman–Crippen LogP) is 3.08. The number of carbonyl (C=O) groups is 1. The third-order valence-corrected chi connectivity index (χ3v) is 3.49. The van der Waals surface area contributed by atoms with Gasteiger partial charge in [-0.25, -0.2) is 0 Å². The maximum Gasteiger partial charge on any atom is 0.274 e. The highest BCUT2D eigenvalue weighted by atomic mass is 16.3. The quantitative estimate of drug-likeness (QED) is 0.633. The molecule has 5 heteroatoms. The van der Waals surface area contributed by atoms with Crippen molar-refractivity contribution >= 4 is 28.1 Å². The molecule has 0 aliphatic rings. The monoisotopic (exact) mass is 293 g/mol. The lowest BCUT2D eigenvalue weighted by molar-refractivity contribution is 0.102. The van der Waals surface area contributed by atoms with Gasteiger partial charge in [-0.3, -0.25) is 9.78 Å². The SMILES string of the molecule is Cc1ccc(N)c2ccnc(C(=O)Nc3cccc(O)c3)c12. The number of nitrogens with two attached hydrogens (primary N) is 1. The molecule has 0 radical (unpaired) electrons. The molecule has 1 amide bonds. The minimum atomic E-state index is -0.343. The van der Waals surface area contributed by atoms with Crippen LogP contribution in [0.1, 0.15) is 16.1 Å². The van der Waals surface area contributed by atoms with Gasteiger partial charge in [0.25, 0.3) is 5.91 Å². The maximum absolute atomic E-state index is 12.5. The number of nitrogens with one attached hydrogen (secondary N) is 1. The number of benzene rings is 2. The number of nitrogens with zero attached hydrogens (tertiary/aromatic N) is 1. The zero-order valence-corrected chi connectivity index (χ0v) is 12.0. The number of fused-ring (bicyclic) bond motifs is 1. The Hall–Kier alpha value is -3.08. The Kier molecular flexibility index (Phi) is 3.39. The molecule has 0 saturated heterocycles. The lowest BCUT2D eigenvalue weighted by Crippen LogP contribution is -2.14. The first kappa shape index (κ1) is 13.9. The van der Waals surface area contributed by atoms with Crippen molar-refractivity contribution in [2.24, 2.45) is 0 Å². The predicted molar refractivity (Wildman–Crippen MR) is 87.0 cm³/mol. The second kappa shape index (κ2) is 5.37. The summed E-state index contributed by atoms with van der Waals surface area (Å²) in [7, 11) is 0. The normalized spacial score (nSPS) is 10.6. The van der Waals surface area contributed by atoms with Crippen LogP contribution in [0.4, 0.5) is 11.4 Å². The Morgan fingerprint density at radius 2 is 2.05 bits per heavy atom. The third-order valence-electron chi connectivity index (χ3n) is 3.49. The van der Waals surface area contributed by atoms with Crippen LogP contribution in [0, 0.1) is 6.92 Å². The van der Waals surface area contributed by atoms with E-state index in [1.807, 2.05) is 19.1 Å². The second-order valence-electron chi connectivity index (χ2n) is 5.06. The zero-order chi connectivity index (χ0) is 15.7. The van der Waals surface area contributed by atoms with Gasteiger partial charge in [-0.1, -0.05) is 12.1 Å². The van der Waals surface area contributed by atoms with Crippen LogP contribution >= 0.6 is 0 Å². The second-order valence-corrected chi connectivity index (χ2v) is 5.06. The Balaban J connectivity index is 2.06. The standard InChI is InChI=1S/C17H15N3O2/c1-10-5-6-14(18)13-7-8-19-16(15(10)13)17(22)20-11-3-2-4-12(21)9-11/h2-9,21H,18H2,1H3,(H,20,22). The molecular weight excluding hydrogens is 278 g/mol. The first-order valence-electron chi connectivity index (χ1n) is 6.80. The van der Waals surface area contributed by atoms with Gasteiger partial charge >= 0.3 is 0 Å². The van der Waals surface area contributed by atoms with Crippen LogP contribution in [-0.4, -0.2) is 16.0 Å². The van der Waals surface area contributed by atoms with Crippen LogP contribution in [0.5, 0.6) is 5.75 Å². The summed E-state index contributed by atoms with van der Waals surface area (Å²) in [5.41, 5.74) is 8.32. The summed E-state index contributed by atoms with van der Waals surface area (Å²) in [5, 5.41) is 13.7. The molecule has 110 valence electrons. The van der Waals surface area contributed by atoms with Gasteiger partial charge in [0.2, 0.25) is 0 Å². The van der Waals surface area contributed by atoms with Crippen molar-refractivity contribution in [1.82, 2.24) is 4.98 Å². The average Bonchev–Trinajstić information content (AvgIpc) is 2.50. The van der Waals surface area contributed by atoms with E-state index in [0.717, 1.165) is 16.3 Å². The summed E-state index contributed by atoms with van der Waals surface area (Å²) < 4.78 is 0. The number of carbonyl (C=O) groups excluding carboxylic acids is 1. The smallest absolute Gasteiger partial charge is 0.274 e. The van der Waals surface area contributed by atoms with E-state index < -0.39 is 0 Å². The number of aryl methyl sites for hydroxylation is 1. The highest BCUT2D eigenvalue weighted by molar-refractivity contribution is 6.13. The number of rotatable bonds is 2. The number of phenols is 1. The average molecular weight is 293 g/mol. The van der Waals surface area contributed by atoms with E-state index in [9.17, 15) is 9.90 Å². The molecule has 1 aromatic heterocycles. The van der Waals surface area contributed by atoms with Crippen LogP contribution in [0.15, 0.2) is 48.7 Å².